The van der Waals surface area contributed by atoms with Crippen LogP contribution in [0.5, 0.6) is 0 Å². The first-order chi connectivity index (χ1) is 13.7. The minimum Gasteiger partial charge on any atom is -0.396 e. The molecule has 1 fully saturated rings. The third kappa shape index (κ3) is 2.22. The van der Waals surface area contributed by atoms with Crippen LogP contribution < -0.4 is 10.6 Å². The van der Waals surface area contributed by atoms with Crippen molar-refractivity contribution in [2.45, 2.75) is 31.6 Å². The van der Waals surface area contributed by atoms with Gasteiger partial charge in [-0.1, -0.05) is 12.1 Å². The number of nitrogen functional groups attached to an aromatic ring is 1. The van der Waals surface area contributed by atoms with Crippen LogP contribution in [0, 0.1) is 5.82 Å². The van der Waals surface area contributed by atoms with Crippen molar-refractivity contribution >= 4 is 33.9 Å². The Balaban J connectivity index is 1.63. The average Bonchev–Trinajstić information content (AvgIpc) is 3.44. The zero-order valence-corrected chi connectivity index (χ0v) is 15.3. The lowest BCUT2D eigenvalue weighted by Gasteiger charge is -2.32. The first-order valence-corrected chi connectivity index (χ1v) is 9.68. The molecule has 0 radical (unpaired) electrons. The summed E-state index contributed by atoms with van der Waals surface area (Å²) in [6.45, 7) is 0.833. The third-order valence-corrected chi connectivity index (χ3v) is 5.91. The molecule has 0 bridgehead atoms. The van der Waals surface area contributed by atoms with Crippen LogP contribution in [0.4, 0.5) is 21.6 Å². The van der Waals surface area contributed by atoms with Crippen LogP contribution in [0.3, 0.4) is 0 Å². The Hall–Kier alpha value is -3.22. The van der Waals surface area contributed by atoms with Crippen molar-refractivity contribution in [2.24, 2.45) is 0 Å². The minimum absolute atomic E-state index is 0.106. The van der Waals surface area contributed by atoms with E-state index in [1.54, 1.807) is 16.8 Å². The number of halogens is 1. The minimum atomic E-state index is -0.438. The predicted molar refractivity (Wildman–Crippen MR) is 106 cm³/mol. The van der Waals surface area contributed by atoms with Gasteiger partial charge in [0, 0.05) is 17.6 Å². The highest BCUT2D eigenvalue weighted by Gasteiger charge is 2.30. The summed E-state index contributed by atoms with van der Waals surface area (Å²) in [6.07, 6.45) is 6.24. The molecule has 6 nitrogen and oxygen atoms in total. The van der Waals surface area contributed by atoms with Crippen molar-refractivity contribution in [1.29, 1.82) is 0 Å². The fourth-order valence-electron chi connectivity index (χ4n) is 4.44. The fourth-order valence-corrected chi connectivity index (χ4v) is 4.44. The second-order valence-corrected chi connectivity index (χ2v) is 7.70. The molecule has 4 aromatic rings. The van der Waals surface area contributed by atoms with E-state index in [9.17, 15) is 4.39 Å². The van der Waals surface area contributed by atoms with Gasteiger partial charge in [0.1, 0.15) is 18.0 Å². The number of nitrogens with zero attached hydrogens (tertiary/aromatic N) is 5. The van der Waals surface area contributed by atoms with Gasteiger partial charge in [0.15, 0.2) is 0 Å². The molecule has 0 saturated heterocycles. The lowest BCUT2D eigenvalue weighted by atomic mass is 9.93. The predicted octanol–water partition coefficient (Wildman–Crippen LogP) is 3.96. The second-order valence-electron chi connectivity index (χ2n) is 7.70. The molecule has 2 aromatic carbocycles. The normalized spacial score (nSPS) is 16.7. The molecular weight excluding hydrogens is 355 g/mol. The summed E-state index contributed by atoms with van der Waals surface area (Å²) in [5.74, 6) is 1.45. The highest BCUT2D eigenvalue weighted by atomic mass is 19.1. The smallest absolute Gasteiger partial charge is 0.257 e. The molecular formula is C21H19FN6. The Morgan fingerprint density at radius 3 is 2.93 bits per heavy atom. The van der Waals surface area contributed by atoms with Crippen molar-refractivity contribution in [3.8, 4) is 0 Å². The van der Waals surface area contributed by atoms with Crippen LogP contribution in [0.1, 0.15) is 36.3 Å². The van der Waals surface area contributed by atoms with Crippen LogP contribution in [-0.4, -0.2) is 26.1 Å². The Bertz CT molecular complexity index is 1240. The molecule has 2 aliphatic rings. The van der Waals surface area contributed by atoms with Gasteiger partial charge in [0.2, 0.25) is 0 Å². The number of nitrogens with two attached hydrogens (primary N) is 1. The molecule has 1 saturated carbocycles. The van der Waals surface area contributed by atoms with Gasteiger partial charge in [0.25, 0.3) is 5.78 Å². The molecule has 1 aliphatic carbocycles. The van der Waals surface area contributed by atoms with Gasteiger partial charge >= 0.3 is 0 Å². The number of hydrogen-bond acceptors (Lipinski definition) is 5. The summed E-state index contributed by atoms with van der Waals surface area (Å²) in [6, 6.07) is 9.65. The number of rotatable bonds is 2. The number of fused-ring (bicyclic) bond motifs is 4. The number of benzene rings is 2. The summed E-state index contributed by atoms with van der Waals surface area (Å²) in [5.41, 5.74) is 10.8. The molecule has 3 heterocycles. The maximum absolute atomic E-state index is 14.4. The summed E-state index contributed by atoms with van der Waals surface area (Å²) >= 11 is 0. The molecule has 140 valence electrons. The van der Waals surface area contributed by atoms with E-state index >= 15 is 0 Å². The summed E-state index contributed by atoms with van der Waals surface area (Å²) in [5, 5.41) is 8.82. The lowest BCUT2D eigenvalue weighted by Crippen LogP contribution is -2.26. The van der Waals surface area contributed by atoms with Gasteiger partial charge in [-0.15, -0.1) is 10.2 Å². The Kier molecular flexibility index (Phi) is 3.18. The third-order valence-electron chi connectivity index (χ3n) is 5.91. The van der Waals surface area contributed by atoms with Crippen molar-refractivity contribution in [3.05, 3.63) is 53.6 Å². The van der Waals surface area contributed by atoms with E-state index in [2.05, 4.69) is 33.3 Å². The van der Waals surface area contributed by atoms with Crippen molar-refractivity contribution in [3.63, 3.8) is 0 Å². The Labute approximate surface area is 160 Å². The Morgan fingerprint density at radius 1 is 1.18 bits per heavy atom. The zero-order chi connectivity index (χ0) is 18.8. The van der Waals surface area contributed by atoms with Crippen LogP contribution >= 0.6 is 0 Å². The monoisotopic (exact) mass is 374 g/mol. The molecule has 0 unspecified atom stereocenters. The Morgan fingerprint density at radius 2 is 2.07 bits per heavy atom. The maximum atomic E-state index is 14.4. The quantitative estimate of drug-likeness (QED) is 0.538. The van der Waals surface area contributed by atoms with E-state index in [0.29, 0.717) is 22.9 Å². The first-order valence-electron chi connectivity index (χ1n) is 9.68. The van der Waals surface area contributed by atoms with Gasteiger partial charge in [-0.05, 0) is 60.9 Å². The van der Waals surface area contributed by atoms with Crippen LogP contribution in [0.15, 0.2) is 36.7 Å². The van der Waals surface area contributed by atoms with E-state index in [4.69, 9.17) is 10.7 Å². The number of anilines is 3. The van der Waals surface area contributed by atoms with Crippen LogP contribution in [0.25, 0.3) is 16.7 Å². The molecule has 28 heavy (non-hydrogen) atoms. The van der Waals surface area contributed by atoms with Crippen molar-refractivity contribution in [1.82, 2.24) is 19.6 Å². The van der Waals surface area contributed by atoms with Gasteiger partial charge in [-0.25, -0.2) is 4.39 Å². The fraction of sp³-hybridized carbons (Fsp3) is 0.286. The van der Waals surface area contributed by atoms with E-state index in [1.807, 2.05) is 0 Å². The largest absolute Gasteiger partial charge is 0.396 e. The van der Waals surface area contributed by atoms with Gasteiger partial charge in [-0.2, -0.15) is 4.98 Å². The number of aromatic nitrogens is 4. The van der Waals surface area contributed by atoms with Crippen molar-refractivity contribution in [2.75, 3.05) is 17.2 Å². The highest BCUT2D eigenvalue weighted by Crippen LogP contribution is 2.46. The van der Waals surface area contributed by atoms with Crippen molar-refractivity contribution < 1.29 is 4.39 Å². The van der Waals surface area contributed by atoms with E-state index in [1.165, 1.54) is 35.7 Å². The second kappa shape index (κ2) is 5.64. The van der Waals surface area contributed by atoms with Crippen LogP contribution in [-0.2, 0) is 6.42 Å². The van der Waals surface area contributed by atoms with E-state index < -0.39 is 5.82 Å². The molecule has 0 spiro atoms. The molecule has 0 atom stereocenters. The summed E-state index contributed by atoms with van der Waals surface area (Å²) in [4.78, 5) is 6.96. The molecule has 2 N–H and O–H groups in total. The highest BCUT2D eigenvalue weighted by molar-refractivity contribution is 5.95. The molecule has 0 amide bonds. The van der Waals surface area contributed by atoms with E-state index in [-0.39, 0.29) is 5.69 Å². The first kappa shape index (κ1) is 15.8. The number of hydrogen-bond donors (Lipinski definition) is 1. The molecule has 1 aliphatic heterocycles. The van der Waals surface area contributed by atoms with Gasteiger partial charge in [0.05, 0.1) is 11.2 Å². The zero-order valence-electron chi connectivity index (χ0n) is 15.3. The molecule has 7 heteroatoms. The topological polar surface area (TPSA) is 72.3 Å². The van der Waals surface area contributed by atoms with Gasteiger partial charge in [-0.3, -0.25) is 4.40 Å². The molecule has 6 rings (SSSR count). The maximum Gasteiger partial charge on any atom is 0.257 e. The standard InChI is InChI=1S/C21H19FN6/c22-16-9-15-19(10-17(16)23)28-11-24-26-21(28)25-20(15)27-8-2-4-14-13(12-6-7-12)3-1-5-18(14)27/h1,3,5,9-12H,2,4,6-8,23H2. The SMILES string of the molecule is Nc1cc2c(cc1F)c(N1CCCc3c(C4CC4)cccc31)nc1nncn12. The summed E-state index contributed by atoms with van der Waals surface area (Å²) in [7, 11) is 0. The molecule has 2 aromatic heterocycles. The lowest BCUT2D eigenvalue weighted by molar-refractivity contribution is 0.634. The van der Waals surface area contributed by atoms with Gasteiger partial charge < -0.3 is 10.6 Å². The summed E-state index contributed by atoms with van der Waals surface area (Å²) < 4.78 is 16.1. The van der Waals surface area contributed by atoms with Crippen LogP contribution in [0.2, 0.25) is 0 Å². The average molecular weight is 374 g/mol. The van der Waals surface area contributed by atoms with E-state index in [0.717, 1.165) is 24.9 Å².